The van der Waals surface area contributed by atoms with Crippen LogP contribution in [0.15, 0.2) is 71.6 Å². The third kappa shape index (κ3) is 3.39. The number of rotatable bonds is 5. The van der Waals surface area contributed by atoms with Gasteiger partial charge in [0, 0.05) is 34.8 Å². The van der Waals surface area contributed by atoms with E-state index < -0.39 is 0 Å². The van der Waals surface area contributed by atoms with Crippen molar-refractivity contribution in [1.29, 1.82) is 0 Å². The van der Waals surface area contributed by atoms with Crippen molar-refractivity contribution < 1.29 is 9.47 Å². The molecule has 2 aliphatic heterocycles. The third-order valence-electron chi connectivity index (χ3n) is 4.16. The highest BCUT2D eigenvalue weighted by atomic mass is 35.5. The molecule has 4 rings (SSSR count). The van der Waals surface area contributed by atoms with E-state index in [1.165, 1.54) is 0 Å². The van der Waals surface area contributed by atoms with Crippen LogP contribution in [0.1, 0.15) is 5.56 Å². The smallest absolute Gasteiger partial charge is 0.199 e. The molecule has 0 saturated heterocycles. The Kier molecular flexibility index (Phi) is 4.54. The van der Waals surface area contributed by atoms with Gasteiger partial charge in [-0.25, -0.2) is 4.99 Å². The quantitative estimate of drug-likeness (QED) is 0.871. The summed E-state index contributed by atoms with van der Waals surface area (Å²) in [7, 11) is 1.63. The number of allylic oxidation sites excluding steroid dienone is 1. The first kappa shape index (κ1) is 16.5. The molecule has 132 valence electrons. The van der Waals surface area contributed by atoms with Crippen LogP contribution >= 0.6 is 11.6 Å². The molecule has 0 spiro atoms. The molecule has 0 saturated carbocycles. The van der Waals surface area contributed by atoms with Gasteiger partial charge in [0.1, 0.15) is 18.1 Å². The second-order valence-corrected chi connectivity index (χ2v) is 6.36. The van der Waals surface area contributed by atoms with Crippen molar-refractivity contribution in [3.8, 4) is 11.5 Å². The van der Waals surface area contributed by atoms with E-state index >= 15 is 0 Å². The highest BCUT2D eigenvalue weighted by Crippen LogP contribution is 2.31. The van der Waals surface area contributed by atoms with Crippen molar-refractivity contribution in [3.63, 3.8) is 0 Å². The number of para-hydroxylation sites is 1. The average molecular weight is 368 g/mol. The van der Waals surface area contributed by atoms with Gasteiger partial charge in [0.25, 0.3) is 0 Å². The Morgan fingerprint density at radius 3 is 2.81 bits per heavy atom. The number of benzene rings is 2. The summed E-state index contributed by atoms with van der Waals surface area (Å²) in [5, 5.41) is 3.98. The fourth-order valence-electron chi connectivity index (χ4n) is 2.89. The van der Waals surface area contributed by atoms with Gasteiger partial charge in [0.05, 0.1) is 12.8 Å². The number of methoxy groups -OCH3 is 1. The monoisotopic (exact) mass is 367 g/mol. The van der Waals surface area contributed by atoms with Gasteiger partial charge >= 0.3 is 0 Å². The molecule has 0 amide bonds. The first-order valence-electron chi connectivity index (χ1n) is 8.24. The van der Waals surface area contributed by atoms with Crippen molar-refractivity contribution in [2.24, 2.45) is 4.99 Å². The molecule has 2 aromatic carbocycles. The number of hydrogen-bond acceptors (Lipinski definition) is 5. The lowest BCUT2D eigenvalue weighted by molar-refractivity contribution is 0.332. The molecule has 2 heterocycles. The molecule has 0 aromatic heterocycles. The summed E-state index contributed by atoms with van der Waals surface area (Å²) in [5.41, 5.74) is 2.87. The maximum atomic E-state index is 6.05. The molecule has 1 unspecified atom stereocenters. The molecule has 1 atom stereocenters. The molecular formula is C20H18ClN3O2. The highest BCUT2D eigenvalue weighted by molar-refractivity contribution is 6.30. The van der Waals surface area contributed by atoms with E-state index in [0.717, 1.165) is 28.3 Å². The van der Waals surface area contributed by atoms with E-state index in [1.54, 1.807) is 13.2 Å². The maximum Gasteiger partial charge on any atom is 0.199 e. The van der Waals surface area contributed by atoms with Gasteiger partial charge in [0.2, 0.25) is 0 Å². The molecule has 0 bridgehead atoms. The van der Waals surface area contributed by atoms with Gasteiger partial charge in [-0.1, -0.05) is 29.8 Å². The van der Waals surface area contributed by atoms with Crippen LogP contribution in [0, 0.1) is 0 Å². The van der Waals surface area contributed by atoms with Gasteiger partial charge in [0.15, 0.2) is 6.29 Å². The summed E-state index contributed by atoms with van der Waals surface area (Å²) >= 11 is 6.05. The summed E-state index contributed by atoms with van der Waals surface area (Å²) in [5.74, 6) is 1.56. The number of nitrogens with one attached hydrogen (secondary N) is 1. The van der Waals surface area contributed by atoms with Crippen molar-refractivity contribution in [2.75, 3.05) is 13.7 Å². The summed E-state index contributed by atoms with van der Waals surface area (Å²) in [6.07, 6.45) is 5.74. The zero-order valence-electron chi connectivity index (χ0n) is 14.2. The van der Waals surface area contributed by atoms with Crippen LogP contribution in [0.5, 0.6) is 11.5 Å². The fourth-order valence-corrected chi connectivity index (χ4v) is 3.06. The minimum absolute atomic E-state index is 0.147. The number of fused-ring (bicyclic) bond motifs is 1. The van der Waals surface area contributed by atoms with Crippen LogP contribution in [0.3, 0.4) is 0 Å². The lowest BCUT2D eigenvalue weighted by Gasteiger charge is -2.23. The predicted octanol–water partition coefficient (Wildman–Crippen LogP) is 3.88. The van der Waals surface area contributed by atoms with Crippen LogP contribution in [-0.2, 0) is 0 Å². The van der Waals surface area contributed by atoms with Crippen LogP contribution in [0.25, 0.3) is 5.57 Å². The topological polar surface area (TPSA) is 46.1 Å². The Bertz CT molecular complexity index is 893. The molecule has 0 radical (unpaired) electrons. The largest absolute Gasteiger partial charge is 0.496 e. The van der Waals surface area contributed by atoms with E-state index in [0.29, 0.717) is 11.6 Å². The Morgan fingerprint density at radius 1 is 1.15 bits per heavy atom. The van der Waals surface area contributed by atoms with Crippen molar-refractivity contribution in [1.82, 2.24) is 10.2 Å². The fraction of sp³-hybridized carbons (Fsp3) is 0.150. The predicted molar refractivity (Wildman–Crippen MR) is 103 cm³/mol. The maximum absolute atomic E-state index is 6.05. The molecular weight excluding hydrogens is 350 g/mol. The Balaban J connectivity index is 1.51. The molecule has 0 aliphatic carbocycles. The minimum atomic E-state index is -0.147. The normalized spacial score (nSPS) is 17.9. The number of ether oxygens (including phenoxy) is 2. The number of halogens is 1. The van der Waals surface area contributed by atoms with E-state index in [1.807, 2.05) is 66.0 Å². The van der Waals surface area contributed by atoms with Gasteiger partial charge in [-0.05, 0) is 30.3 Å². The molecule has 0 fully saturated rings. The molecule has 2 aromatic rings. The second kappa shape index (κ2) is 7.14. The highest BCUT2D eigenvalue weighted by Gasteiger charge is 2.25. The van der Waals surface area contributed by atoms with Crippen LogP contribution in [-0.4, -0.2) is 31.1 Å². The van der Waals surface area contributed by atoms with Crippen LogP contribution in [0.2, 0.25) is 5.02 Å². The molecule has 1 N–H and O–H groups in total. The van der Waals surface area contributed by atoms with Crippen LogP contribution < -0.4 is 14.8 Å². The number of nitrogens with zero attached hydrogens (tertiary/aromatic N) is 2. The zero-order valence-corrected chi connectivity index (χ0v) is 15.0. The van der Waals surface area contributed by atoms with E-state index in [-0.39, 0.29) is 6.29 Å². The van der Waals surface area contributed by atoms with Crippen molar-refractivity contribution >= 4 is 23.4 Å². The Morgan fingerprint density at radius 2 is 2.00 bits per heavy atom. The Hall–Kier alpha value is -2.92. The number of aliphatic imine (C=N–C) groups is 1. The molecule has 26 heavy (non-hydrogen) atoms. The molecule has 5 nitrogen and oxygen atoms in total. The van der Waals surface area contributed by atoms with Gasteiger partial charge in [-0.2, -0.15) is 0 Å². The second-order valence-electron chi connectivity index (χ2n) is 5.93. The first-order valence-corrected chi connectivity index (χ1v) is 8.62. The van der Waals surface area contributed by atoms with E-state index in [4.69, 9.17) is 21.1 Å². The average Bonchev–Trinajstić information content (AvgIpc) is 3.09. The zero-order chi connectivity index (χ0) is 17.9. The van der Waals surface area contributed by atoms with Gasteiger partial charge < -0.3 is 19.7 Å². The Labute approximate surface area is 157 Å². The van der Waals surface area contributed by atoms with Gasteiger partial charge in [-0.15, -0.1) is 0 Å². The summed E-state index contributed by atoms with van der Waals surface area (Å²) < 4.78 is 11.2. The summed E-state index contributed by atoms with van der Waals surface area (Å²) in [6.45, 7) is 0.458. The summed E-state index contributed by atoms with van der Waals surface area (Å²) in [6, 6.07) is 15.3. The lowest BCUT2D eigenvalue weighted by atomic mass is 10.1. The number of hydrogen-bond donors (Lipinski definition) is 1. The van der Waals surface area contributed by atoms with E-state index in [9.17, 15) is 0 Å². The molecule has 6 heteroatoms. The van der Waals surface area contributed by atoms with Crippen LogP contribution in [0.4, 0.5) is 0 Å². The third-order valence-corrected chi connectivity index (χ3v) is 4.39. The standard InChI is InChI=1S/C20H18ClN3O2/c1-25-19-9-15(21)7-8-18(19)14-10-22-20-23-16(12-24(20)11-14)13-26-17-5-3-2-4-6-17/h2-12,20,23H,13H2,1H3. The van der Waals surface area contributed by atoms with Gasteiger partial charge in [-0.3, -0.25) is 0 Å². The first-order chi connectivity index (χ1) is 12.7. The lowest BCUT2D eigenvalue weighted by Crippen LogP contribution is -2.34. The van der Waals surface area contributed by atoms with Crippen molar-refractivity contribution in [2.45, 2.75) is 6.29 Å². The summed E-state index contributed by atoms with van der Waals surface area (Å²) in [4.78, 5) is 6.60. The minimum Gasteiger partial charge on any atom is -0.496 e. The van der Waals surface area contributed by atoms with E-state index in [2.05, 4.69) is 10.3 Å². The SMILES string of the molecule is COc1cc(Cl)ccc1C1=CN2C=C(COc3ccccc3)NC2N=C1. The molecule has 2 aliphatic rings. The van der Waals surface area contributed by atoms with Crippen molar-refractivity contribution in [3.05, 3.63) is 77.2 Å².